The number of hydrogen-bond donors (Lipinski definition) is 0. The molecule has 0 aliphatic heterocycles. The third-order valence-electron chi connectivity index (χ3n) is 3.12. The fourth-order valence-corrected chi connectivity index (χ4v) is 2.26. The molecule has 0 radical (unpaired) electrons. The molecule has 0 amide bonds. The lowest BCUT2D eigenvalue weighted by molar-refractivity contribution is 0.101. The molecule has 0 aliphatic carbocycles. The lowest BCUT2D eigenvalue weighted by atomic mass is 10.1. The molecule has 0 atom stereocenters. The third-order valence-corrected chi connectivity index (χ3v) is 3.37. The largest absolute Gasteiger partial charge is 0.293 e. The first-order chi connectivity index (χ1) is 10.2. The van der Waals surface area contributed by atoms with Crippen molar-refractivity contribution in [3.05, 3.63) is 65.3 Å². The lowest BCUT2D eigenvalue weighted by Gasteiger charge is -2.07. The predicted octanol–water partition coefficient (Wildman–Crippen LogP) is 3.79. The van der Waals surface area contributed by atoms with Crippen LogP contribution in [-0.2, 0) is 0 Å². The number of Topliss-reactive ketones (excluding diaryl/α,β-unsaturated/α-hetero) is 1. The summed E-state index contributed by atoms with van der Waals surface area (Å²) < 4.78 is 1.66. The van der Waals surface area contributed by atoms with E-state index in [9.17, 15) is 4.79 Å². The molecule has 3 aromatic rings. The Morgan fingerprint density at radius 1 is 1.05 bits per heavy atom. The molecule has 2 aromatic carbocycles. The summed E-state index contributed by atoms with van der Waals surface area (Å²) in [6, 6.07) is 16.8. The summed E-state index contributed by atoms with van der Waals surface area (Å²) in [6.45, 7) is 1.49. The highest BCUT2D eigenvalue weighted by Crippen LogP contribution is 2.26. The van der Waals surface area contributed by atoms with Crippen LogP contribution in [0.5, 0.6) is 0 Å². The van der Waals surface area contributed by atoms with E-state index in [0.717, 1.165) is 11.3 Å². The second-order valence-electron chi connectivity index (χ2n) is 4.60. The van der Waals surface area contributed by atoms with Crippen molar-refractivity contribution in [3.8, 4) is 16.9 Å². The normalized spacial score (nSPS) is 10.6. The van der Waals surface area contributed by atoms with Crippen LogP contribution in [0.4, 0.5) is 0 Å². The summed E-state index contributed by atoms with van der Waals surface area (Å²) in [7, 11) is 0. The zero-order chi connectivity index (χ0) is 14.8. The van der Waals surface area contributed by atoms with Crippen LogP contribution in [0.25, 0.3) is 16.9 Å². The number of carbonyl (C=O) groups excluding carboxylic acids is 1. The van der Waals surface area contributed by atoms with Crippen LogP contribution in [0.15, 0.2) is 54.6 Å². The lowest BCUT2D eigenvalue weighted by Crippen LogP contribution is -2.01. The van der Waals surface area contributed by atoms with Crippen LogP contribution in [0, 0.1) is 0 Å². The zero-order valence-electron chi connectivity index (χ0n) is 11.3. The molecule has 0 spiro atoms. The highest BCUT2D eigenvalue weighted by Gasteiger charge is 2.19. The Balaban J connectivity index is 2.22. The summed E-state index contributed by atoms with van der Waals surface area (Å²) in [4.78, 5) is 11.8. The Labute approximate surface area is 127 Å². The van der Waals surface area contributed by atoms with E-state index in [1.807, 2.05) is 42.5 Å². The number of halogens is 1. The van der Waals surface area contributed by atoms with Gasteiger partial charge in [0.2, 0.25) is 0 Å². The van der Waals surface area contributed by atoms with Gasteiger partial charge in [0, 0.05) is 17.5 Å². The first-order valence-corrected chi connectivity index (χ1v) is 6.82. The minimum atomic E-state index is -0.117. The maximum absolute atomic E-state index is 11.8. The molecule has 104 valence electrons. The fraction of sp³-hybridized carbons (Fsp3) is 0.0625. The molecule has 1 aromatic heterocycles. The highest BCUT2D eigenvalue weighted by atomic mass is 35.5. The Morgan fingerprint density at radius 2 is 1.71 bits per heavy atom. The second kappa shape index (κ2) is 5.50. The van der Waals surface area contributed by atoms with Crippen LogP contribution in [0.1, 0.15) is 17.4 Å². The fourth-order valence-electron chi connectivity index (χ4n) is 2.14. The van der Waals surface area contributed by atoms with Gasteiger partial charge in [-0.15, -0.1) is 5.10 Å². The van der Waals surface area contributed by atoms with Crippen molar-refractivity contribution in [1.82, 2.24) is 15.0 Å². The minimum Gasteiger partial charge on any atom is -0.293 e. The number of nitrogens with zero attached hydrogens (tertiary/aromatic N) is 3. The Morgan fingerprint density at radius 3 is 2.33 bits per heavy atom. The van der Waals surface area contributed by atoms with Crippen LogP contribution in [0.3, 0.4) is 0 Å². The number of hydrogen-bond acceptors (Lipinski definition) is 3. The SMILES string of the molecule is CC(=O)c1nnn(-c2ccc(Cl)cc2)c1-c1ccccc1. The summed E-state index contributed by atoms with van der Waals surface area (Å²) in [5.41, 5.74) is 2.74. The van der Waals surface area contributed by atoms with Crippen molar-refractivity contribution in [2.24, 2.45) is 0 Å². The van der Waals surface area contributed by atoms with E-state index < -0.39 is 0 Å². The van der Waals surface area contributed by atoms with E-state index >= 15 is 0 Å². The van der Waals surface area contributed by atoms with Gasteiger partial charge in [-0.3, -0.25) is 4.79 Å². The Hall–Kier alpha value is -2.46. The molecule has 4 nitrogen and oxygen atoms in total. The van der Waals surface area contributed by atoms with Gasteiger partial charge in [-0.1, -0.05) is 47.1 Å². The third kappa shape index (κ3) is 2.58. The molecule has 0 aliphatic rings. The second-order valence-corrected chi connectivity index (χ2v) is 5.03. The Bertz CT molecular complexity index is 779. The summed E-state index contributed by atoms with van der Waals surface area (Å²) in [5.74, 6) is -0.117. The van der Waals surface area contributed by atoms with Crippen molar-refractivity contribution in [2.45, 2.75) is 6.92 Å². The molecule has 0 saturated carbocycles. The van der Waals surface area contributed by atoms with Gasteiger partial charge in [0.15, 0.2) is 11.5 Å². The van der Waals surface area contributed by atoms with Crippen molar-refractivity contribution in [3.63, 3.8) is 0 Å². The molecule has 5 heteroatoms. The van der Waals surface area contributed by atoms with E-state index in [2.05, 4.69) is 10.3 Å². The number of rotatable bonds is 3. The minimum absolute atomic E-state index is 0.117. The van der Waals surface area contributed by atoms with E-state index in [4.69, 9.17) is 11.6 Å². The van der Waals surface area contributed by atoms with E-state index in [1.165, 1.54) is 6.92 Å². The zero-order valence-corrected chi connectivity index (χ0v) is 12.1. The molecule has 3 rings (SSSR count). The van der Waals surface area contributed by atoms with Gasteiger partial charge in [0.05, 0.1) is 5.69 Å². The van der Waals surface area contributed by atoms with Gasteiger partial charge < -0.3 is 0 Å². The monoisotopic (exact) mass is 297 g/mol. The van der Waals surface area contributed by atoms with Crippen LogP contribution in [0.2, 0.25) is 5.02 Å². The molecule has 0 N–H and O–H groups in total. The Kier molecular flexibility index (Phi) is 3.54. The highest BCUT2D eigenvalue weighted by molar-refractivity contribution is 6.30. The molecule has 0 unspecified atom stereocenters. The first-order valence-electron chi connectivity index (χ1n) is 6.45. The number of aromatic nitrogens is 3. The van der Waals surface area contributed by atoms with Crippen molar-refractivity contribution in [1.29, 1.82) is 0 Å². The van der Waals surface area contributed by atoms with E-state index in [0.29, 0.717) is 16.4 Å². The standard InChI is InChI=1S/C16H12ClN3O/c1-11(21)15-16(12-5-3-2-4-6-12)20(19-18-15)14-9-7-13(17)8-10-14/h2-10H,1H3. The smallest absolute Gasteiger partial charge is 0.182 e. The average molecular weight is 298 g/mol. The summed E-state index contributed by atoms with van der Waals surface area (Å²) in [6.07, 6.45) is 0. The van der Waals surface area contributed by atoms with E-state index in [-0.39, 0.29) is 5.78 Å². The maximum Gasteiger partial charge on any atom is 0.182 e. The molecule has 21 heavy (non-hydrogen) atoms. The van der Waals surface area contributed by atoms with Crippen LogP contribution < -0.4 is 0 Å². The number of benzene rings is 2. The molecular formula is C16H12ClN3O. The van der Waals surface area contributed by atoms with Crippen LogP contribution in [-0.4, -0.2) is 20.8 Å². The van der Waals surface area contributed by atoms with Gasteiger partial charge in [0.1, 0.15) is 5.69 Å². The molecule has 1 heterocycles. The summed E-state index contributed by atoms with van der Waals surface area (Å²) >= 11 is 5.91. The number of carbonyl (C=O) groups is 1. The number of ketones is 1. The summed E-state index contributed by atoms with van der Waals surface area (Å²) in [5, 5.41) is 8.78. The van der Waals surface area contributed by atoms with Gasteiger partial charge >= 0.3 is 0 Å². The molecular weight excluding hydrogens is 286 g/mol. The van der Waals surface area contributed by atoms with E-state index in [1.54, 1.807) is 16.8 Å². The maximum atomic E-state index is 11.8. The van der Waals surface area contributed by atoms with Crippen molar-refractivity contribution in [2.75, 3.05) is 0 Å². The van der Waals surface area contributed by atoms with Crippen molar-refractivity contribution < 1.29 is 4.79 Å². The average Bonchev–Trinajstić information content (AvgIpc) is 2.94. The van der Waals surface area contributed by atoms with Gasteiger partial charge in [0.25, 0.3) is 0 Å². The van der Waals surface area contributed by atoms with Gasteiger partial charge in [-0.25, -0.2) is 4.68 Å². The van der Waals surface area contributed by atoms with Crippen molar-refractivity contribution >= 4 is 17.4 Å². The molecule has 0 saturated heterocycles. The quantitative estimate of drug-likeness (QED) is 0.691. The van der Waals surface area contributed by atoms with Gasteiger partial charge in [-0.2, -0.15) is 0 Å². The topological polar surface area (TPSA) is 47.8 Å². The van der Waals surface area contributed by atoms with Crippen LogP contribution >= 0.6 is 11.6 Å². The first kappa shape index (κ1) is 13.5. The molecule has 0 bridgehead atoms. The van der Waals surface area contributed by atoms with Gasteiger partial charge in [-0.05, 0) is 24.3 Å². The molecule has 0 fully saturated rings. The predicted molar refractivity (Wildman–Crippen MR) is 81.8 cm³/mol.